The van der Waals surface area contributed by atoms with Crippen LogP contribution in [0.3, 0.4) is 0 Å². The summed E-state index contributed by atoms with van der Waals surface area (Å²) in [6, 6.07) is -0.423. The molecule has 1 saturated heterocycles. The van der Waals surface area contributed by atoms with Crippen LogP contribution in [0.15, 0.2) is 4.34 Å². The first-order valence-electron chi connectivity index (χ1n) is 8.31. The highest BCUT2D eigenvalue weighted by molar-refractivity contribution is 8.01. The fourth-order valence-electron chi connectivity index (χ4n) is 2.70. The standard InChI is InChI=1S/C15H20N4O4S2/c1-2-23-11(20)8-24-15-18-17-14(25-15)16-12(21)10-4-3-7-19(10)13(22)9-5-6-9/h9-10H,2-8H2,1H3,(H,16,17,21). The third kappa shape index (κ3) is 4.69. The zero-order valence-electron chi connectivity index (χ0n) is 13.9. The molecule has 2 aliphatic rings. The van der Waals surface area contributed by atoms with E-state index >= 15 is 0 Å². The van der Waals surface area contributed by atoms with Crippen molar-refractivity contribution >= 4 is 46.0 Å². The summed E-state index contributed by atoms with van der Waals surface area (Å²) < 4.78 is 5.43. The van der Waals surface area contributed by atoms with Crippen LogP contribution in [-0.2, 0) is 19.1 Å². The van der Waals surface area contributed by atoms with E-state index in [9.17, 15) is 14.4 Å². The zero-order valence-corrected chi connectivity index (χ0v) is 15.5. The Balaban J connectivity index is 1.52. The number of nitrogens with one attached hydrogen (secondary N) is 1. The molecule has 25 heavy (non-hydrogen) atoms. The van der Waals surface area contributed by atoms with Gasteiger partial charge in [-0.15, -0.1) is 10.2 Å². The minimum Gasteiger partial charge on any atom is -0.465 e. The lowest BCUT2D eigenvalue weighted by Crippen LogP contribution is -2.43. The average molecular weight is 384 g/mol. The lowest BCUT2D eigenvalue weighted by molar-refractivity contribution is -0.139. The van der Waals surface area contributed by atoms with E-state index in [0.29, 0.717) is 29.0 Å². The number of thioether (sulfide) groups is 1. The third-order valence-electron chi connectivity index (χ3n) is 4.02. The molecular weight excluding hydrogens is 364 g/mol. The molecule has 1 aliphatic heterocycles. The summed E-state index contributed by atoms with van der Waals surface area (Å²) >= 11 is 2.43. The highest BCUT2D eigenvalue weighted by Crippen LogP contribution is 2.34. The summed E-state index contributed by atoms with van der Waals surface area (Å²) in [6.07, 6.45) is 3.38. The van der Waals surface area contributed by atoms with E-state index in [4.69, 9.17) is 4.74 Å². The number of esters is 1. The lowest BCUT2D eigenvalue weighted by atomic mass is 10.2. The van der Waals surface area contributed by atoms with Crippen molar-refractivity contribution in [3.05, 3.63) is 0 Å². The predicted molar refractivity (Wildman–Crippen MR) is 93.4 cm³/mol. The van der Waals surface area contributed by atoms with Crippen molar-refractivity contribution in [1.82, 2.24) is 15.1 Å². The highest BCUT2D eigenvalue weighted by atomic mass is 32.2. The topological polar surface area (TPSA) is 101 Å². The Hall–Kier alpha value is -1.68. The summed E-state index contributed by atoms with van der Waals surface area (Å²) in [5, 5.41) is 11.0. The SMILES string of the molecule is CCOC(=O)CSc1nnc(NC(=O)C2CCCN2C(=O)C2CC2)s1. The maximum absolute atomic E-state index is 12.5. The van der Waals surface area contributed by atoms with Gasteiger partial charge in [-0.25, -0.2) is 0 Å². The number of hydrogen-bond acceptors (Lipinski definition) is 8. The van der Waals surface area contributed by atoms with E-state index in [1.807, 2.05) is 0 Å². The maximum atomic E-state index is 12.5. The molecule has 0 spiro atoms. The Kier molecular flexibility index (Phi) is 5.89. The van der Waals surface area contributed by atoms with Crippen molar-refractivity contribution < 1.29 is 19.1 Å². The molecule has 3 rings (SSSR count). The molecule has 1 aromatic rings. The van der Waals surface area contributed by atoms with Crippen LogP contribution in [0.25, 0.3) is 0 Å². The molecule has 0 radical (unpaired) electrons. The summed E-state index contributed by atoms with van der Waals surface area (Å²) in [5.41, 5.74) is 0. The Morgan fingerprint density at radius 2 is 2.12 bits per heavy atom. The summed E-state index contributed by atoms with van der Waals surface area (Å²) in [6.45, 7) is 2.74. The minimum absolute atomic E-state index is 0.0978. The molecule has 1 saturated carbocycles. The molecule has 0 bridgehead atoms. The normalized spacial score (nSPS) is 19.7. The number of carbonyl (C=O) groups is 3. The number of hydrogen-bond donors (Lipinski definition) is 1. The number of aromatic nitrogens is 2. The van der Waals surface area contributed by atoms with Gasteiger partial charge in [-0.2, -0.15) is 0 Å². The fourth-order valence-corrected chi connectivity index (χ4v) is 4.25. The van der Waals surface area contributed by atoms with Gasteiger partial charge in [0.2, 0.25) is 16.9 Å². The van der Waals surface area contributed by atoms with Crippen LogP contribution in [0, 0.1) is 5.92 Å². The van der Waals surface area contributed by atoms with Gasteiger partial charge in [0.25, 0.3) is 0 Å². The van der Waals surface area contributed by atoms with E-state index in [1.165, 1.54) is 23.1 Å². The molecule has 1 aromatic heterocycles. The van der Waals surface area contributed by atoms with Gasteiger partial charge in [-0.3, -0.25) is 19.7 Å². The molecule has 8 nitrogen and oxygen atoms in total. The number of anilines is 1. The van der Waals surface area contributed by atoms with Crippen LogP contribution in [0.1, 0.15) is 32.6 Å². The molecule has 10 heteroatoms. The lowest BCUT2D eigenvalue weighted by Gasteiger charge is -2.23. The number of carbonyl (C=O) groups excluding carboxylic acids is 3. The Bertz CT molecular complexity index is 662. The monoisotopic (exact) mass is 384 g/mol. The van der Waals surface area contributed by atoms with E-state index in [1.54, 1.807) is 11.8 Å². The van der Waals surface area contributed by atoms with Gasteiger partial charge >= 0.3 is 5.97 Å². The van der Waals surface area contributed by atoms with E-state index < -0.39 is 6.04 Å². The quantitative estimate of drug-likeness (QED) is 0.432. The number of rotatable bonds is 7. The van der Waals surface area contributed by atoms with E-state index in [-0.39, 0.29) is 29.5 Å². The third-order valence-corrected chi connectivity index (χ3v) is 5.97. The van der Waals surface area contributed by atoms with Crippen LogP contribution >= 0.6 is 23.1 Å². The minimum atomic E-state index is -0.423. The predicted octanol–water partition coefficient (Wildman–Crippen LogP) is 1.53. The molecule has 2 amide bonds. The molecule has 1 atom stereocenters. The van der Waals surface area contributed by atoms with Crippen LogP contribution in [-0.4, -0.2) is 57.8 Å². The summed E-state index contributed by atoms with van der Waals surface area (Å²) in [4.78, 5) is 37.8. The van der Waals surface area contributed by atoms with Crippen LogP contribution in [0.4, 0.5) is 5.13 Å². The Morgan fingerprint density at radius 1 is 1.32 bits per heavy atom. The molecule has 1 aliphatic carbocycles. The van der Waals surface area contributed by atoms with Crippen molar-refractivity contribution in [2.24, 2.45) is 5.92 Å². The average Bonchev–Trinajstić information content (AvgIpc) is 3.15. The molecule has 1 N–H and O–H groups in total. The first-order valence-corrected chi connectivity index (χ1v) is 10.1. The number of ether oxygens (including phenoxy) is 1. The Labute approximate surface area is 153 Å². The van der Waals surface area contributed by atoms with Crippen LogP contribution in [0.5, 0.6) is 0 Å². The largest absolute Gasteiger partial charge is 0.465 e. The fraction of sp³-hybridized carbons (Fsp3) is 0.667. The second-order valence-electron chi connectivity index (χ2n) is 5.92. The van der Waals surface area contributed by atoms with Crippen molar-refractivity contribution in [2.75, 3.05) is 24.2 Å². The summed E-state index contributed by atoms with van der Waals surface area (Å²) in [5.74, 6) is -0.164. The molecule has 0 aromatic carbocycles. The van der Waals surface area contributed by atoms with Crippen LogP contribution in [0.2, 0.25) is 0 Å². The Morgan fingerprint density at radius 3 is 2.84 bits per heavy atom. The van der Waals surface area contributed by atoms with E-state index in [0.717, 1.165) is 19.3 Å². The van der Waals surface area contributed by atoms with Crippen LogP contribution < -0.4 is 5.32 Å². The van der Waals surface area contributed by atoms with Crippen molar-refractivity contribution in [3.8, 4) is 0 Å². The molecular formula is C15H20N4O4S2. The zero-order chi connectivity index (χ0) is 17.8. The van der Waals surface area contributed by atoms with Gasteiger partial charge in [0, 0.05) is 12.5 Å². The smallest absolute Gasteiger partial charge is 0.316 e. The molecule has 2 fully saturated rings. The van der Waals surface area contributed by atoms with Crippen molar-refractivity contribution in [2.45, 2.75) is 43.0 Å². The first kappa shape index (κ1) is 18.1. The van der Waals surface area contributed by atoms with Crippen molar-refractivity contribution in [1.29, 1.82) is 0 Å². The molecule has 2 heterocycles. The van der Waals surface area contributed by atoms with E-state index in [2.05, 4.69) is 15.5 Å². The highest BCUT2D eigenvalue weighted by Gasteiger charge is 2.41. The first-order chi connectivity index (χ1) is 12.1. The second kappa shape index (κ2) is 8.13. The molecule has 1 unspecified atom stereocenters. The number of likely N-dealkylation sites (tertiary alicyclic amines) is 1. The maximum Gasteiger partial charge on any atom is 0.316 e. The van der Waals surface area contributed by atoms with Gasteiger partial charge < -0.3 is 9.64 Å². The second-order valence-corrected chi connectivity index (χ2v) is 8.12. The van der Waals surface area contributed by atoms with Crippen molar-refractivity contribution in [3.63, 3.8) is 0 Å². The van der Waals surface area contributed by atoms with Gasteiger partial charge in [0.15, 0.2) is 4.34 Å². The summed E-state index contributed by atoms with van der Waals surface area (Å²) in [7, 11) is 0. The van der Waals surface area contributed by atoms with Gasteiger partial charge in [-0.05, 0) is 32.6 Å². The molecule has 136 valence electrons. The van der Waals surface area contributed by atoms with Gasteiger partial charge in [0.05, 0.1) is 12.4 Å². The van der Waals surface area contributed by atoms with Gasteiger partial charge in [-0.1, -0.05) is 23.1 Å². The van der Waals surface area contributed by atoms with Gasteiger partial charge in [0.1, 0.15) is 6.04 Å². The number of nitrogens with zero attached hydrogens (tertiary/aromatic N) is 3. The number of amides is 2.